The largest absolute Gasteiger partial charge is 0.295 e. The maximum absolute atomic E-state index is 12.2. The van der Waals surface area contributed by atoms with Crippen LogP contribution in [0.4, 0.5) is 5.69 Å². The van der Waals surface area contributed by atoms with E-state index in [0.29, 0.717) is 21.8 Å². The molecule has 0 bridgehead atoms. The molecule has 8 heteroatoms. The Morgan fingerprint density at radius 1 is 1.38 bits per heavy atom. The second-order valence-corrected chi connectivity index (χ2v) is 9.23. The van der Waals surface area contributed by atoms with E-state index < -0.39 is 10.0 Å². The quantitative estimate of drug-likeness (QED) is 0.823. The van der Waals surface area contributed by atoms with E-state index >= 15 is 0 Å². The first-order valence-electron chi connectivity index (χ1n) is 6.91. The third-order valence-electron chi connectivity index (χ3n) is 3.46. The first-order valence-corrected chi connectivity index (χ1v) is 9.55. The highest BCUT2D eigenvalue weighted by Crippen LogP contribution is 2.40. The van der Waals surface area contributed by atoms with Gasteiger partial charge in [0.1, 0.15) is 5.84 Å². The Hall–Kier alpha value is -0.630. The van der Waals surface area contributed by atoms with E-state index in [0.717, 1.165) is 30.6 Å². The van der Waals surface area contributed by atoms with Gasteiger partial charge in [0, 0.05) is 5.92 Å². The summed E-state index contributed by atoms with van der Waals surface area (Å²) in [5.74, 6) is 7.05. The van der Waals surface area contributed by atoms with Crippen molar-refractivity contribution in [2.24, 2.45) is 22.1 Å². The third-order valence-corrected chi connectivity index (χ3v) is 6.50. The van der Waals surface area contributed by atoms with Gasteiger partial charge in [-0.1, -0.05) is 45.2 Å². The Morgan fingerprint density at radius 3 is 2.67 bits per heavy atom. The molecule has 118 valence electrons. The summed E-state index contributed by atoms with van der Waals surface area (Å²) in [5.41, 5.74) is 0.422. The summed E-state index contributed by atoms with van der Waals surface area (Å²) in [5, 5.41) is 1.36. The lowest BCUT2D eigenvalue weighted by atomic mass is 9.98. The Bertz CT molecular complexity index is 652. The average molecular weight is 350 g/mol. The highest BCUT2D eigenvalue weighted by atomic mass is 35.5. The molecule has 1 aliphatic rings. The molecule has 2 rings (SSSR count). The van der Waals surface area contributed by atoms with Gasteiger partial charge in [-0.3, -0.25) is 5.01 Å². The van der Waals surface area contributed by atoms with Crippen LogP contribution in [0.15, 0.2) is 14.7 Å². The molecular formula is C13H20ClN3O2S2. The van der Waals surface area contributed by atoms with Crippen LogP contribution in [0.3, 0.4) is 0 Å². The van der Waals surface area contributed by atoms with E-state index in [1.54, 1.807) is 6.07 Å². The predicted octanol–water partition coefficient (Wildman–Crippen LogP) is 3.64. The summed E-state index contributed by atoms with van der Waals surface area (Å²) in [6.07, 6.45) is 2.97. The summed E-state index contributed by atoms with van der Waals surface area (Å²) >= 11 is 6.90. The number of hydrogen-bond acceptors (Lipinski definition) is 5. The fraction of sp³-hybridized carbons (Fsp3) is 0.615. The zero-order valence-electron chi connectivity index (χ0n) is 12.3. The molecule has 1 unspecified atom stereocenters. The van der Waals surface area contributed by atoms with E-state index in [1.165, 1.54) is 5.01 Å². The van der Waals surface area contributed by atoms with Crippen molar-refractivity contribution < 1.29 is 8.42 Å². The number of hydrazine groups is 1. The zero-order chi connectivity index (χ0) is 15.8. The van der Waals surface area contributed by atoms with E-state index in [-0.39, 0.29) is 10.1 Å². The Kier molecular flexibility index (Phi) is 4.97. The number of nitrogens with zero attached hydrogens (tertiary/aromatic N) is 2. The van der Waals surface area contributed by atoms with E-state index in [4.69, 9.17) is 17.4 Å². The van der Waals surface area contributed by atoms with Crippen LogP contribution >= 0.6 is 22.9 Å². The molecule has 1 atom stereocenters. The SMILES string of the molecule is CC(C)CCCC(C)C1=NS(=O)(=O)c2sc(Cl)cc2N1N. The minimum Gasteiger partial charge on any atom is -0.263 e. The molecule has 1 aromatic heterocycles. The van der Waals surface area contributed by atoms with Gasteiger partial charge in [-0.05, 0) is 18.4 Å². The molecule has 1 aliphatic heterocycles. The van der Waals surface area contributed by atoms with Gasteiger partial charge in [0.2, 0.25) is 0 Å². The van der Waals surface area contributed by atoms with Crippen molar-refractivity contribution >= 4 is 44.5 Å². The number of anilines is 1. The van der Waals surface area contributed by atoms with Crippen molar-refractivity contribution in [3.8, 4) is 0 Å². The molecule has 0 saturated heterocycles. The van der Waals surface area contributed by atoms with Crippen LogP contribution in [0.1, 0.15) is 40.0 Å². The maximum atomic E-state index is 12.2. The molecule has 2 heterocycles. The first kappa shape index (κ1) is 16.7. The van der Waals surface area contributed by atoms with Gasteiger partial charge in [-0.2, -0.15) is 8.42 Å². The van der Waals surface area contributed by atoms with E-state index in [2.05, 4.69) is 18.2 Å². The normalized spacial score (nSPS) is 18.6. The van der Waals surface area contributed by atoms with Gasteiger partial charge in [0.15, 0.2) is 4.21 Å². The van der Waals surface area contributed by atoms with Crippen LogP contribution in [-0.2, 0) is 10.0 Å². The minimum absolute atomic E-state index is 0.0182. The van der Waals surface area contributed by atoms with Gasteiger partial charge in [-0.25, -0.2) is 5.84 Å². The number of rotatable bonds is 5. The fourth-order valence-corrected chi connectivity index (χ4v) is 5.21. The lowest BCUT2D eigenvalue weighted by molar-refractivity contribution is 0.509. The van der Waals surface area contributed by atoms with Gasteiger partial charge in [0.05, 0.1) is 10.0 Å². The van der Waals surface area contributed by atoms with Crippen LogP contribution < -0.4 is 10.9 Å². The molecule has 0 saturated carbocycles. The second kappa shape index (κ2) is 6.24. The number of nitrogens with two attached hydrogens (primary N) is 1. The Balaban J connectivity index is 2.23. The molecule has 0 fully saturated rings. The molecule has 1 aromatic rings. The molecule has 2 N–H and O–H groups in total. The summed E-state index contributed by atoms with van der Waals surface area (Å²) < 4.78 is 28.8. The predicted molar refractivity (Wildman–Crippen MR) is 88.5 cm³/mol. The number of amidine groups is 1. The topological polar surface area (TPSA) is 75.8 Å². The van der Waals surface area contributed by atoms with Crippen LogP contribution in [0, 0.1) is 11.8 Å². The van der Waals surface area contributed by atoms with Gasteiger partial charge >= 0.3 is 0 Å². The van der Waals surface area contributed by atoms with Crippen molar-refractivity contribution in [1.29, 1.82) is 0 Å². The van der Waals surface area contributed by atoms with E-state index in [1.807, 2.05) is 6.92 Å². The molecule has 0 amide bonds. The van der Waals surface area contributed by atoms with Crippen molar-refractivity contribution in [3.05, 3.63) is 10.4 Å². The molecule has 0 spiro atoms. The average Bonchev–Trinajstić information content (AvgIpc) is 2.77. The maximum Gasteiger partial charge on any atom is 0.295 e. The highest BCUT2D eigenvalue weighted by Gasteiger charge is 2.34. The Morgan fingerprint density at radius 2 is 2.05 bits per heavy atom. The number of thiophene rings is 1. The lowest BCUT2D eigenvalue weighted by Crippen LogP contribution is -2.44. The molecule has 0 radical (unpaired) electrons. The third kappa shape index (κ3) is 3.59. The lowest BCUT2D eigenvalue weighted by Gasteiger charge is -2.27. The second-order valence-electron chi connectivity index (χ2n) is 5.74. The number of fused-ring (bicyclic) bond motifs is 1. The van der Waals surface area contributed by atoms with Crippen LogP contribution in [-0.4, -0.2) is 14.3 Å². The number of sulfonamides is 1. The monoisotopic (exact) mass is 349 g/mol. The summed E-state index contributed by atoms with van der Waals surface area (Å²) in [6.45, 7) is 6.29. The van der Waals surface area contributed by atoms with Crippen molar-refractivity contribution in [3.63, 3.8) is 0 Å². The summed E-state index contributed by atoms with van der Waals surface area (Å²) in [6, 6.07) is 1.58. The van der Waals surface area contributed by atoms with Crippen LogP contribution in [0.2, 0.25) is 4.34 Å². The highest BCUT2D eigenvalue weighted by molar-refractivity contribution is 7.92. The molecular weight excluding hydrogens is 330 g/mol. The molecule has 21 heavy (non-hydrogen) atoms. The van der Waals surface area contributed by atoms with E-state index in [9.17, 15) is 8.42 Å². The van der Waals surface area contributed by atoms with Crippen LogP contribution in [0.5, 0.6) is 0 Å². The molecule has 0 aromatic carbocycles. The van der Waals surface area contributed by atoms with Gasteiger partial charge in [0.25, 0.3) is 10.0 Å². The minimum atomic E-state index is -3.69. The Labute approximate surface area is 134 Å². The standard InChI is InChI=1S/C13H20ClN3O2S2/c1-8(2)5-4-6-9(3)12-16-21(18,19)13-10(17(12)15)7-11(14)20-13/h7-9H,4-6,15H2,1-3H3. The van der Waals surface area contributed by atoms with Crippen molar-refractivity contribution in [1.82, 2.24) is 0 Å². The number of halogens is 1. The molecule has 5 nitrogen and oxygen atoms in total. The summed E-state index contributed by atoms with van der Waals surface area (Å²) in [7, 11) is -3.69. The van der Waals surface area contributed by atoms with Gasteiger partial charge in [-0.15, -0.1) is 15.7 Å². The molecule has 0 aliphatic carbocycles. The number of hydrogen-bond donors (Lipinski definition) is 1. The van der Waals surface area contributed by atoms with Crippen molar-refractivity contribution in [2.75, 3.05) is 5.01 Å². The zero-order valence-corrected chi connectivity index (χ0v) is 14.7. The first-order chi connectivity index (χ1) is 9.72. The van der Waals surface area contributed by atoms with Gasteiger partial charge < -0.3 is 0 Å². The van der Waals surface area contributed by atoms with Crippen molar-refractivity contribution in [2.45, 2.75) is 44.2 Å². The fourth-order valence-electron chi connectivity index (χ4n) is 2.31. The smallest absolute Gasteiger partial charge is 0.263 e. The summed E-state index contributed by atoms with van der Waals surface area (Å²) in [4.78, 5) is 0. The van der Waals surface area contributed by atoms with Crippen LogP contribution in [0.25, 0.3) is 0 Å².